The van der Waals surface area contributed by atoms with Crippen molar-refractivity contribution in [1.82, 2.24) is 4.90 Å². The fourth-order valence-electron chi connectivity index (χ4n) is 2.96. The summed E-state index contributed by atoms with van der Waals surface area (Å²) in [4.78, 5) is 14.7. The first-order chi connectivity index (χ1) is 13.8. The van der Waals surface area contributed by atoms with Crippen molar-refractivity contribution in [2.75, 3.05) is 44.8 Å². The predicted molar refractivity (Wildman–Crippen MR) is 93.5 cm³/mol. The van der Waals surface area contributed by atoms with Crippen molar-refractivity contribution < 1.29 is 36.2 Å². The van der Waals surface area contributed by atoms with Gasteiger partial charge in [0, 0.05) is 26.2 Å². The van der Waals surface area contributed by atoms with E-state index in [1.165, 1.54) is 12.0 Å². The minimum absolute atomic E-state index is 0.0459. The summed E-state index contributed by atoms with van der Waals surface area (Å²) < 4.78 is 78.2. The number of piperazine rings is 1. The van der Waals surface area contributed by atoms with Gasteiger partial charge in [0.05, 0.1) is 7.11 Å². The van der Waals surface area contributed by atoms with E-state index in [1.807, 2.05) is 0 Å². The summed E-state index contributed by atoms with van der Waals surface area (Å²) in [6, 6.07) is 6.60. The minimum atomic E-state index is -2.20. The second-order valence-corrected chi connectivity index (χ2v) is 6.25. The maximum absolute atomic E-state index is 13.9. The summed E-state index contributed by atoms with van der Waals surface area (Å²) in [5.74, 6) is -9.23. The fraction of sp³-hybridized carbons (Fsp3) is 0.316. The highest BCUT2D eigenvalue weighted by atomic mass is 19.2. The summed E-state index contributed by atoms with van der Waals surface area (Å²) in [5.41, 5.74) is -0.983. The van der Waals surface area contributed by atoms with E-state index in [2.05, 4.69) is 0 Å². The molecule has 1 saturated heterocycles. The first kappa shape index (κ1) is 20.7. The van der Waals surface area contributed by atoms with Crippen molar-refractivity contribution in [3.05, 3.63) is 53.4 Å². The number of ether oxygens (including phenoxy) is 2. The zero-order valence-electron chi connectivity index (χ0n) is 15.4. The van der Waals surface area contributed by atoms with Gasteiger partial charge in [-0.15, -0.1) is 0 Å². The second-order valence-electron chi connectivity index (χ2n) is 6.25. The SMILES string of the molecule is COc1ccc(OCC(=O)N2CCN(c3c(F)c(F)c(F)c(F)c3F)CC2)cc1. The molecule has 2 aromatic carbocycles. The monoisotopic (exact) mass is 416 g/mol. The molecule has 29 heavy (non-hydrogen) atoms. The number of hydrogen-bond donors (Lipinski definition) is 0. The molecule has 1 aliphatic heterocycles. The van der Waals surface area contributed by atoms with Gasteiger partial charge in [-0.3, -0.25) is 4.79 Å². The molecule has 156 valence electrons. The molecule has 1 aliphatic rings. The number of nitrogens with zero attached hydrogens (tertiary/aromatic N) is 2. The number of carbonyl (C=O) groups is 1. The van der Waals surface area contributed by atoms with Crippen LogP contribution in [-0.2, 0) is 4.79 Å². The van der Waals surface area contributed by atoms with Crippen LogP contribution in [0.4, 0.5) is 27.6 Å². The second kappa shape index (κ2) is 8.54. The fourth-order valence-corrected chi connectivity index (χ4v) is 2.96. The Morgan fingerprint density at radius 2 is 1.31 bits per heavy atom. The molecule has 1 fully saturated rings. The van der Waals surface area contributed by atoms with Gasteiger partial charge in [0.2, 0.25) is 5.82 Å². The molecule has 0 bridgehead atoms. The molecule has 10 heteroatoms. The molecular formula is C19H17F5N2O3. The topological polar surface area (TPSA) is 42.0 Å². The van der Waals surface area contributed by atoms with Crippen LogP contribution in [0.5, 0.6) is 11.5 Å². The van der Waals surface area contributed by atoms with Gasteiger partial charge in [0.25, 0.3) is 5.91 Å². The highest BCUT2D eigenvalue weighted by molar-refractivity contribution is 5.78. The zero-order chi connectivity index (χ0) is 21.1. The van der Waals surface area contributed by atoms with Gasteiger partial charge >= 0.3 is 0 Å². The van der Waals surface area contributed by atoms with E-state index in [-0.39, 0.29) is 38.7 Å². The van der Waals surface area contributed by atoms with E-state index >= 15 is 0 Å². The molecule has 5 nitrogen and oxygen atoms in total. The Hall–Kier alpha value is -3.04. The zero-order valence-corrected chi connectivity index (χ0v) is 15.4. The summed E-state index contributed by atoms with van der Waals surface area (Å²) in [5, 5.41) is 0. The van der Waals surface area contributed by atoms with Gasteiger partial charge in [0.1, 0.15) is 17.2 Å². The summed E-state index contributed by atoms with van der Waals surface area (Å²) >= 11 is 0. The van der Waals surface area contributed by atoms with E-state index in [9.17, 15) is 26.7 Å². The van der Waals surface area contributed by atoms with Crippen molar-refractivity contribution in [3.8, 4) is 11.5 Å². The highest BCUT2D eigenvalue weighted by Crippen LogP contribution is 2.30. The Balaban J connectivity index is 1.60. The van der Waals surface area contributed by atoms with Crippen molar-refractivity contribution in [2.45, 2.75) is 0 Å². The Morgan fingerprint density at radius 3 is 1.83 bits per heavy atom. The molecule has 0 saturated carbocycles. The van der Waals surface area contributed by atoms with E-state index in [1.54, 1.807) is 24.3 Å². The van der Waals surface area contributed by atoms with Crippen LogP contribution in [0, 0.1) is 29.1 Å². The number of benzene rings is 2. The normalized spacial score (nSPS) is 14.1. The first-order valence-electron chi connectivity index (χ1n) is 8.64. The van der Waals surface area contributed by atoms with Crippen molar-refractivity contribution >= 4 is 11.6 Å². The molecular weight excluding hydrogens is 399 g/mol. The number of methoxy groups -OCH3 is 1. The summed E-state index contributed by atoms with van der Waals surface area (Å²) in [6.07, 6.45) is 0. The lowest BCUT2D eigenvalue weighted by atomic mass is 10.2. The average Bonchev–Trinajstić information content (AvgIpc) is 2.75. The summed E-state index contributed by atoms with van der Waals surface area (Å²) in [6.45, 7) is -0.345. The van der Waals surface area contributed by atoms with Gasteiger partial charge in [-0.2, -0.15) is 0 Å². The van der Waals surface area contributed by atoms with Gasteiger partial charge < -0.3 is 19.3 Å². The standard InChI is InChI=1S/C19H17F5N2O3/c1-28-11-2-4-12(5-3-11)29-10-13(27)25-6-8-26(9-7-25)19-17(23)15(21)14(20)16(22)18(19)24/h2-5H,6-10H2,1H3. The summed E-state index contributed by atoms with van der Waals surface area (Å²) in [7, 11) is 1.52. The Labute approximate surface area is 163 Å². The van der Waals surface area contributed by atoms with Crippen LogP contribution in [0.1, 0.15) is 0 Å². The van der Waals surface area contributed by atoms with E-state index in [0.717, 1.165) is 4.90 Å². The lowest BCUT2D eigenvalue weighted by Gasteiger charge is -2.36. The molecule has 0 atom stereocenters. The quantitative estimate of drug-likeness (QED) is 0.427. The molecule has 0 spiro atoms. The van der Waals surface area contributed by atoms with E-state index in [4.69, 9.17) is 9.47 Å². The van der Waals surface area contributed by atoms with Gasteiger partial charge in [-0.1, -0.05) is 0 Å². The Morgan fingerprint density at radius 1 is 0.828 bits per heavy atom. The third kappa shape index (κ3) is 4.20. The third-order valence-electron chi connectivity index (χ3n) is 4.56. The van der Waals surface area contributed by atoms with Crippen LogP contribution in [0.3, 0.4) is 0 Å². The minimum Gasteiger partial charge on any atom is -0.497 e. The first-order valence-corrected chi connectivity index (χ1v) is 8.64. The predicted octanol–water partition coefficient (Wildman–Crippen LogP) is 3.12. The molecule has 0 radical (unpaired) electrons. The van der Waals surface area contributed by atoms with Crippen LogP contribution in [-0.4, -0.2) is 50.7 Å². The Bertz CT molecular complexity index is 871. The lowest BCUT2D eigenvalue weighted by Crippen LogP contribution is -2.50. The van der Waals surface area contributed by atoms with Crippen LogP contribution in [0.25, 0.3) is 0 Å². The van der Waals surface area contributed by atoms with Gasteiger partial charge in [-0.05, 0) is 24.3 Å². The molecule has 0 aliphatic carbocycles. The molecule has 1 amide bonds. The molecule has 0 N–H and O–H groups in total. The lowest BCUT2D eigenvalue weighted by molar-refractivity contribution is -0.133. The number of rotatable bonds is 5. The van der Waals surface area contributed by atoms with E-state index < -0.39 is 34.8 Å². The number of carbonyl (C=O) groups excluding carboxylic acids is 1. The Kier molecular flexibility index (Phi) is 6.09. The number of hydrogen-bond acceptors (Lipinski definition) is 4. The third-order valence-corrected chi connectivity index (χ3v) is 4.56. The van der Waals surface area contributed by atoms with Crippen LogP contribution >= 0.6 is 0 Å². The molecule has 0 unspecified atom stereocenters. The number of halogens is 5. The van der Waals surface area contributed by atoms with Crippen LogP contribution < -0.4 is 14.4 Å². The maximum atomic E-state index is 13.9. The maximum Gasteiger partial charge on any atom is 0.260 e. The average molecular weight is 416 g/mol. The number of amides is 1. The highest BCUT2D eigenvalue weighted by Gasteiger charge is 2.31. The largest absolute Gasteiger partial charge is 0.497 e. The molecule has 2 aromatic rings. The van der Waals surface area contributed by atoms with Crippen molar-refractivity contribution in [2.24, 2.45) is 0 Å². The molecule has 3 rings (SSSR count). The smallest absolute Gasteiger partial charge is 0.260 e. The van der Waals surface area contributed by atoms with Crippen LogP contribution in [0.2, 0.25) is 0 Å². The van der Waals surface area contributed by atoms with E-state index in [0.29, 0.717) is 11.5 Å². The van der Waals surface area contributed by atoms with Crippen molar-refractivity contribution in [1.29, 1.82) is 0 Å². The number of anilines is 1. The van der Waals surface area contributed by atoms with Gasteiger partial charge in [0.15, 0.2) is 29.9 Å². The van der Waals surface area contributed by atoms with Crippen LogP contribution in [0.15, 0.2) is 24.3 Å². The molecule has 1 heterocycles. The van der Waals surface area contributed by atoms with Gasteiger partial charge in [-0.25, -0.2) is 22.0 Å². The van der Waals surface area contributed by atoms with Crippen molar-refractivity contribution in [3.63, 3.8) is 0 Å². The molecule has 0 aromatic heterocycles.